The number of amides is 2. The molecule has 2 atom stereocenters. The van der Waals surface area contributed by atoms with Crippen LogP contribution in [0.15, 0.2) is 24.3 Å². The Bertz CT molecular complexity index is 795. The van der Waals surface area contributed by atoms with Crippen molar-refractivity contribution >= 4 is 23.6 Å². The zero-order chi connectivity index (χ0) is 19.8. The van der Waals surface area contributed by atoms with Crippen LogP contribution in [-0.4, -0.2) is 59.2 Å². The van der Waals surface area contributed by atoms with E-state index in [4.69, 9.17) is 9.47 Å². The fourth-order valence-corrected chi connectivity index (χ4v) is 6.69. The van der Waals surface area contributed by atoms with Crippen molar-refractivity contribution in [3.8, 4) is 5.75 Å². The molecule has 6 nitrogen and oxygen atoms in total. The molecule has 29 heavy (non-hydrogen) atoms. The second-order valence-corrected chi connectivity index (χ2v) is 9.87. The molecule has 4 heterocycles. The van der Waals surface area contributed by atoms with Gasteiger partial charge in [0.2, 0.25) is 5.91 Å². The zero-order valence-corrected chi connectivity index (χ0v) is 17.4. The molecule has 0 aromatic heterocycles. The van der Waals surface area contributed by atoms with Gasteiger partial charge in [0.05, 0.1) is 24.5 Å². The summed E-state index contributed by atoms with van der Waals surface area (Å²) in [6, 6.07) is 7.98. The quantitative estimate of drug-likeness (QED) is 0.704. The second kappa shape index (κ2) is 7.84. The first kappa shape index (κ1) is 19.2. The second-order valence-electron chi connectivity index (χ2n) is 8.57. The monoisotopic (exact) mass is 416 g/mol. The Morgan fingerprint density at radius 3 is 2.76 bits per heavy atom. The number of nitrogens with zero attached hydrogens (tertiary/aromatic N) is 1. The van der Waals surface area contributed by atoms with Gasteiger partial charge >= 0.3 is 0 Å². The predicted molar refractivity (Wildman–Crippen MR) is 111 cm³/mol. The molecule has 156 valence electrons. The smallest absolute Gasteiger partial charge is 0.260 e. The Morgan fingerprint density at radius 1 is 1.14 bits per heavy atom. The summed E-state index contributed by atoms with van der Waals surface area (Å²) in [5.41, 5.74) is 1.21. The zero-order valence-electron chi connectivity index (χ0n) is 16.6. The van der Waals surface area contributed by atoms with Crippen LogP contribution >= 0.6 is 11.8 Å². The molecule has 2 amide bonds. The van der Waals surface area contributed by atoms with Crippen molar-refractivity contribution < 1.29 is 19.1 Å². The number of hydrogen-bond donors (Lipinski definition) is 1. The summed E-state index contributed by atoms with van der Waals surface area (Å²) in [6.07, 6.45) is 6.15. The Hall–Kier alpha value is -1.73. The van der Waals surface area contributed by atoms with Gasteiger partial charge in [-0.25, -0.2) is 0 Å². The SMILES string of the molecule is O=C1CS[C@]2(CCCN3C(=O)COc4ccccc4C4CCC(CC4)OC[C@H]32)N1. The number of ether oxygens (including phenoxy) is 2. The maximum Gasteiger partial charge on any atom is 0.260 e. The van der Waals surface area contributed by atoms with Crippen LogP contribution in [0.25, 0.3) is 0 Å². The van der Waals surface area contributed by atoms with Gasteiger partial charge in [0.15, 0.2) is 6.61 Å². The van der Waals surface area contributed by atoms with Crippen LogP contribution in [0.4, 0.5) is 0 Å². The number of piperidine rings is 1. The van der Waals surface area contributed by atoms with Crippen LogP contribution in [0.2, 0.25) is 0 Å². The lowest BCUT2D eigenvalue weighted by atomic mass is 9.82. The third-order valence-electron chi connectivity index (χ3n) is 6.87. The van der Waals surface area contributed by atoms with Crippen LogP contribution in [0, 0.1) is 0 Å². The number of thioether (sulfide) groups is 1. The number of carbonyl (C=O) groups excluding carboxylic acids is 2. The highest BCUT2D eigenvalue weighted by molar-refractivity contribution is 8.01. The molecular formula is C22H28N2O4S. The molecule has 1 aromatic rings. The Kier molecular flexibility index (Phi) is 5.20. The standard InChI is InChI=1S/C22H28N2O4S/c25-20-14-29-22(23-20)10-3-11-24-19(22)12-27-16-8-6-15(7-9-16)17-4-1-2-5-18(17)28-13-21(24)26/h1-2,4-5,15-16,19H,3,6-14H2,(H,23,25)/t15?,16?,19-,22-/m0/s1. The van der Waals surface area contributed by atoms with E-state index in [1.54, 1.807) is 11.8 Å². The minimum Gasteiger partial charge on any atom is -0.483 e. The molecule has 0 unspecified atom stereocenters. The van der Waals surface area contributed by atoms with E-state index in [-0.39, 0.29) is 30.6 Å². The van der Waals surface area contributed by atoms with Crippen LogP contribution in [0.3, 0.4) is 0 Å². The number of hydrogen-bond acceptors (Lipinski definition) is 5. The van der Waals surface area contributed by atoms with E-state index in [1.165, 1.54) is 5.56 Å². The molecule has 6 rings (SSSR count). The van der Waals surface area contributed by atoms with E-state index >= 15 is 0 Å². The molecule has 1 N–H and O–H groups in total. The normalized spacial score (nSPS) is 35.0. The highest BCUT2D eigenvalue weighted by Gasteiger charge is 2.51. The summed E-state index contributed by atoms with van der Waals surface area (Å²) >= 11 is 1.63. The van der Waals surface area contributed by atoms with Crippen molar-refractivity contribution in [2.75, 3.05) is 25.5 Å². The van der Waals surface area contributed by atoms with E-state index in [9.17, 15) is 9.59 Å². The number of carbonyl (C=O) groups is 2. The summed E-state index contributed by atoms with van der Waals surface area (Å²) < 4.78 is 12.4. The van der Waals surface area contributed by atoms with Crippen LogP contribution in [-0.2, 0) is 14.3 Å². The highest BCUT2D eigenvalue weighted by Crippen LogP contribution is 2.43. The molecule has 4 aliphatic heterocycles. The molecule has 1 saturated carbocycles. The van der Waals surface area contributed by atoms with Gasteiger partial charge in [0, 0.05) is 6.54 Å². The molecule has 7 heteroatoms. The maximum absolute atomic E-state index is 13.2. The summed E-state index contributed by atoms with van der Waals surface area (Å²) in [4.78, 5) is 26.7. The molecule has 0 radical (unpaired) electrons. The lowest BCUT2D eigenvalue weighted by molar-refractivity contribution is -0.142. The van der Waals surface area contributed by atoms with Gasteiger partial charge < -0.3 is 19.7 Å². The van der Waals surface area contributed by atoms with Crippen molar-refractivity contribution in [1.82, 2.24) is 10.2 Å². The third-order valence-corrected chi connectivity index (χ3v) is 8.37. The first-order valence-electron chi connectivity index (χ1n) is 10.7. The van der Waals surface area contributed by atoms with Gasteiger partial charge in [0.1, 0.15) is 10.6 Å². The minimum absolute atomic E-state index is 0.0261. The maximum atomic E-state index is 13.2. The molecule has 1 aliphatic carbocycles. The van der Waals surface area contributed by atoms with Crippen LogP contribution in [0.1, 0.15) is 50.0 Å². The lowest BCUT2D eigenvalue weighted by Gasteiger charge is -2.47. The van der Waals surface area contributed by atoms with Gasteiger partial charge in [-0.3, -0.25) is 9.59 Å². The Labute approximate surface area is 175 Å². The predicted octanol–water partition coefficient (Wildman–Crippen LogP) is 2.67. The highest BCUT2D eigenvalue weighted by atomic mass is 32.2. The summed E-state index contributed by atoms with van der Waals surface area (Å²) in [7, 11) is 0. The molecule has 2 bridgehead atoms. The molecule has 1 spiro atoms. The summed E-state index contributed by atoms with van der Waals surface area (Å²) in [5, 5.41) is 3.18. The molecule has 5 aliphatic rings. The van der Waals surface area contributed by atoms with E-state index < -0.39 is 4.87 Å². The first-order chi connectivity index (χ1) is 14.1. The molecule has 3 fully saturated rings. The lowest BCUT2D eigenvalue weighted by Crippen LogP contribution is -2.64. The third kappa shape index (κ3) is 3.63. The minimum atomic E-state index is -0.430. The Balaban J connectivity index is 1.46. The van der Waals surface area contributed by atoms with Crippen LogP contribution in [0.5, 0.6) is 5.75 Å². The van der Waals surface area contributed by atoms with Crippen molar-refractivity contribution in [3.63, 3.8) is 0 Å². The summed E-state index contributed by atoms with van der Waals surface area (Å²) in [5.74, 6) is 1.77. The molecular weight excluding hydrogens is 388 g/mol. The number of fused-ring (bicyclic) bond motifs is 5. The van der Waals surface area contributed by atoms with Crippen molar-refractivity contribution in [2.24, 2.45) is 0 Å². The van der Waals surface area contributed by atoms with Crippen molar-refractivity contribution in [2.45, 2.75) is 61.5 Å². The first-order valence-corrected chi connectivity index (χ1v) is 11.7. The number of benzene rings is 1. The number of para-hydroxylation sites is 1. The van der Waals surface area contributed by atoms with Gasteiger partial charge in [-0.05, 0) is 56.1 Å². The molecule has 1 aromatic carbocycles. The van der Waals surface area contributed by atoms with Crippen molar-refractivity contribution in [3.05, 3.63) is 29.8 Å². The van der Waals surface area contributed by atoms with Gasteiger partial charge in [-0.15, -0.1) is 11.8 Å². The average Bonchev–Trinajstić information content (AvgIpc) is 3.12. The van der Waals surface area contributed by atoms with E-state index in [1.807, 2.05) is 17.0 Å². The van der Waals surface area contributed by atoms with Gasteiger partial charge in [-0.2, -0.15) is 0 Å². The van der Waals surface area contributed by atoms with Gasteiger partial charge in [0.25, 0.3) is 5.91 Å². The van der Waals surface area contributed by atoms with E-state index in [0.29, 0.717) is 24.8 Å². The largest absolute Gasteiger partial charge is 0.483 e. The Morgan fingerprint density at radius 2 is 1.97 bits per heavy atom. The summed E-state index contributed by atoms with van der Waals surface area (Å²) in [6.45, 7) is 1.18. The average molecular weight is 417 g/mol. The topological polar surface area (TPSA) is 67.9 Å². The fraction of sp³-hybridized carbons (Fsp3) is 0.636. The van der Waals surface area contributed by atoms with Crippen molar-refractivity contribution in [1.29, 1.82) is 0 Å². The van der Waals surface area contributed by atoms with E-state index in [0.717, 1.165) is 44.3 Å². The molecule has 2 saturated heterocycles. The van der Waals surface area contributed by atoms with Crippen LogP contribution < -0.4 is 10.1 Å². The number of nitrogens with one attached hydrogen (secondary N) is 1. The number of rotatable bonds is 0. The van der Waals surface area contributed by atoms with Gasteiger partial charge in [-0.1, -0.05) is 18.2 Å². The van der Waals surface area contributed by atoms with E-state index in [2.05, 4.69) is 17.4 Å². The fourth-order valence-electron chi connectivity index (χ4n) is 5.37.